The van der Waals surface area contributed by atoms with Gasteiger partial charge in [-0.2, -0.15) is 0 Å². The van der Waals surface area contributed by atoms with E-state index in [1.807, 2.05) is 23.2 Å². The number of hydrogen-bond donors (Lipinski definition) is 1. The number of hydrogen-bond acceptors (Lipinski definition) is 2. The fourth-order valence-corrected chi connectivity index (χ4v) is 2.77. The third kappa shape index (κ3) is 5.31. The van der Waals surface area contributed by atoms with Gasteiger partial charge in [0.05, 0.1) is 6.33 Å². The highest BCUT2D eigenvalue weighted by Crippen LogP contribution is 2.08. The molecule has 1 amide bonds. The van der Waals surface area contributed by atoms with E-state index >= 15 is 0 Å². The van der Waals surface area contributed by atoms with Crippen LogP contribution in [0.4, 0.5) is 0 Å². The lowest BCUT2D eigenvalue weighted by atomic mass is 10.1. The molecular weight excluding hydrogens is 310 g/mol. The van der Waals surface area contributed by atoms with Crippen LogP contribution in [0.5, 0.6) is 0 Å². The SMILES string of the molecule is Cc1cccc(CCC(=O)NCc2ccc(Cn3ccnc3)cc2)c1. The van der Waals surface area contributed by atoms with Crippen LogP contribution < -0.4 is 5.32 Å². The Labute approximate surface area is 148 Å². The van der Waals surface area contributed by atoms with Crippen LogP contribution in [0.1, 0.15) is 28.7 Å². The molecule has 3 rings (SSSR count). The number of nitrogens with one attached hydrogen (secondary N) is 1. The number of carbonyl (C=O) groups is 1. The topological polar surface area (TPSA) is 46.9 Å². The van der Waals surface area contributed by atoms with Crippen molar-refractivity contribution in [2.45, 2.75) is 32.9 Å². The molecule has 1 aromatic heterocycles. The molecule has 0 fully saturated rings. The maximum atomic E-state index is 12.0. The highest BCUT2D eigenvalue weighted by Gasteiger charge is 2.03. The second-order valence-corrected chi connectivity index (χ2v) is 6.32. The van der Waals surface area contributed by atoms with Crippen LogP contribution in [0, 0.1) is 6.92 Å². The lowest BCUT2D eigenvalue weighted by molar-refractivity contribution is -0.121. The number of amides is 1. The predicted octanol–water partition coefficient (Wildman–Crippen LogP) is 3.49. The second-order valence-electron chi connectivity index (χ2n) is 6.32. The van der Waals surface area contributed by atoms with Crippen LogP contribution in [-0.2, 0) is 24.3 Å². The molecule has 1 N–H and O–H groups in total. The molecule has 0 aliphatic heterocycles. The Morgan fingerprint density at radius 1 is 1.08 bits per heavy atom. The van der Waals surface area contributed by atoms with E-state index < -0.39 is 0 Å². The molecule has 4 nitrogen and oxygen atoms in total. The Balaban J connectivity index is 1.44. The molecule has 0 spiro atoms. The van der Waals surface area contributed by atoms with Crippen LogP contribution in [0.15, 0.2) is 67.3 Å². The first kappa shape index (κ1) is 17.0. The molecule has 0 radical (unpaired) electrons. The van der Waals surface area contributed by atoms with Gasteiger partial charge >= 0.3 is 0 Å². The van der Waals surface area contributed by atoms with Crippen molar-refractivity contribution >= 4 is 5.91 Å². The fraction of sp³-hybridized carbons (Fsp3) is 0.238. The molecule has 2 aromatic carbocycles. The number of nitrogens with zero attached hydrogens (tertiary/aromatic N) is 2. The third-order valence-electron chi connectivity index (χ3n) is 4.16. The summed E-state index contributed by atoms with van der Waals surface area (Å²) < 4.78 is 2.03. The van der Waals surface area contributed by atoms with Crippen molar-refractivity contribution in [3.05, 3.63) is 89.5 Å². The number of benzene rings is 2. The van der Waals surface area contributed by atoms with Gasteiger partial charge in [-0.1, -0.05) is 54.1 Å². The average molecular weight is 333 g/mol. The van der Waals surface area contributed by atoms with Crippen LogP contribution in [-0.4, -0.2) is 15.5 Å². The molecule has 25 heavy (non-hydrogen) atoms. The van der Waals surface area contributed by atoms with Gasteiger partial charge in [-0.25, -0.2) is 4.98 Å². The van der Waals surface area contributed by atoms with Gasteiger partial charge in [0, 0.05) is 31.9 Å². The summed E-state index contributed by atoms with van der Waals surface area (Å²) in [6, 6.07) is 16.6. The fourth-order valence-electron chi connectivity index (χ4n) is 2.77. The Morgan fingerprint density at radius 3 is 2.60 bits per heavy atom. The van der Waals surface area contributed by atoms with E-state index in [1.54, 1.807) is 6.20 Å². The second kappa shape index (κ2) is 8.29. The third-order valence-corrected chi connectivity index (χ3v) is 4.16. The van der Waals surface area contributed by atoms with Gasteiger partial charge in [-0.05, 0) is 30.0 Å². The van der Waals surface area contributed by atoms with Gasteiger partial charge in [0.25, 0.3) is 0 Å². The smallest absolute Gasteiger partial charge is 0.220 e. The highest BCUT2D eigenvalue weighted by molar-refractivity contribution is 5.76. The maximum Gasteiger partial charge on any atom is 0.220 e. The zero-order valence-corrected chi connectivity index (χ0v) is 14.5. The Kier molecular flexibility index (Phi) is 5.62. The largest absolute Gasteiger partial charge is 0.352 e. The van der Waals surface area contributed by atoms with Crippen molar-refractivity contribution < 1.29 is 4.79 Å². The number of carbonyl (C=O) groups excluding carboxylic acids is 1. The molecule has 128 valence electrons. The summed E-state index contributed by atoms with van der Waals surface area (Å²) in [5.41, 5.74) is 4.76. The molecule has 3 aromatic rings. The van der Waals surface area contributed by atoms with E-state index in [9.17, 15) is 4.79 Å². The van der Waals surface area contributed by atoms with Crippen LogP contribution in [0.2, 0.25) is 0 Å². The Bertz CT molecular complexity index is 807. The summed E-state index contributed by atoms with van der Waals surface area (Å²) in [5.74, 6) is 0.0870. The first-order chi connectivity index (χ1) is 12.2. The van der Waals surface area contributed by atoms with E-state index in [-0.39, 0.29) is 5.91 Å². The number of aromatic nitrogens is 2. The molecule has 0 atom stereocenters. The van der Waals surface area contributed by atoms with Crippen molar-refractivity contribution in [3.63, 3.8) is 0 Å². The molecule has 0 aliphatic carbocycles. The van der Waals surface area contributed by atoms with Gasteiger partial charge in [-0.15, -0.1) is 0 Å². The van der Waals surface area contributed by atoms with Crippen molar-refractivity contribution in [1.82, 2.24) is 14.9 Å². The summed E-state index contributed by atoms with van der Waals surface area (Å²) >= 11 is 0. The first-order valence-electron chi connectivity index (χ1n) is 8.55. The van der Waals surface area contributed by atoms with Crippen molar-refractivity contribution in [2.24, 2.45) is 0 Å². The van der Waals surface area contributed by atoms with Crippen LogP contribution in [0.25, 0.3) is 0 Å². The molecule has 0 saturated heterocycles. The molecule has 0 bridgehead atoms. The van der Waals surface area contributed by atoms with Gasteiger partial charge in [0.2, 0.25) is 5.91 Å². The lowest BCUT2D eigenvalue weighted by Crippen LogP contribution is -2.23. The van der Waals surface area contributed by atoms with Gasteiger partial charge in [0.15, 0.2) is 0 Å². The first-order valence-corrected chi connectivity index (χ1v) is 8.55. The van der Waals surface area contributed by atoms with E-state index in [0.29, 0.717) is 13.0 Å². The normalized spacial score (nSPS) is 10.6. The van der Waals surface area contributed by atoms with Crippen molar-refractivity contribution in [2.75, 3.05) is 0 Å². The predicted molar refractivity (Wildman–Crippen MR) is 99.1 cm³/mol. The molecule has 0 unspecified atom stereocenters. The Hall–Kier alpha value is -2.88. The molecule has 1 heterocycles. The zero-order chi connectivity index (χ0) is 17.5. The number of rotatable bonds is 7. The molecule has 4 heteroatoms. The summed E-state index contributed by atoms with van der Waals surface area (Å²) in [7, 11) is 0. The lowest BCUT2D eigenvalue weighted by Gasteiger charge is -2.08. The average Bonchev–Trinajstić information content (AvgIpc) is 3.12. The van der Waals surface area contributed by atoms with E-state index in [1.165, 1.54) is 16.7 Å². The minimum atomic E-state index is 0.0870. The van der Waals surface area contributed by atoms with Gasteiger partial charge in [0.1, 0.15) is 0 Å². The van der Waals surface area contributed by atoms with Gasteiger partial charge < -0.3 is 9.88 Å². The van der Waals surface area contributed by atoms with Crippen LogP contribution in [0.3, 0.4) is 0 Å². The minimum absolute atomic E-state index is 0.0870. The Morgan fingerprint density at radius 2 is 1.88 bits per heavy atom. The standard InChI is InChI=1S/C21H23N3O/c1-17-3-2-4-18(13-17)9-10-21(25)23-14-19-5-7-20(8-6-19)15-24-12-11-22-16-24/h2-8,11-13,16H,9-10,14-15H2,1H3,(H,23,25). The molecule has 0 saturated carbocycles. The van der Waals surface area contributed by atoms with E-state index in [4.69, 9.17) is 0 Å². The summed E-state index contributed by atoms with van der Waals surface area (Å²) in [4.78, 5) is 16.1. The number of imidazole rings is 1. The maximum absolute atomic E-state index is 12.0. The van der Waals surface area contributed by atoms with Crippen LogP contribution >= 0.6 is 0 Å². The summed E-state index contributed by atoms with van der Waals surface area (Å²) in [6.45, 7) is 3.45. The summed E-state index contributed by atoms with van der Waals surface area (Å²) in [5, 5.41) is 2.99. The number of aryl methyl sites for hydroxylation is 2. The quantitative estimate of drug-likeness (QED) is 0.719. The summed E-state index contributed by atoms with van der Waals surface area (Å²) in [6.07, 6.45) is 6.82. The monoisotopic (exact) mass is 333 g/mol. The molecule has 0 aliphatic rings. The van der Waals surface area contributed by atoms with E-state index in [2.05, 4.69) is 59.7 Å². The van der Waals surface area contributed by atoms with Crippen molar-refractivity contribution in [3.8, 4) is 0 Å². The van der Waals surface area contributed by atoms with Crippen molar-refractivity contribution in [1.29, 1.82) is 0 Å². The zero-order valence-electron chi connectivity index (χ0n) is 14.5. The van der Waals surface area contributed by atoms with Gasteiger partial charge in [-0.3, -0.25) is 4.79 Å². The minimum Gasteiger partial charge on any atom is -0.352 e. The van der Waals surface area contributed by atoms with E-state index in [0.717, 1.165) is 18.5 Å². The highest BCUT2D eigenvalue weighted by atomic mass is 16.1. The molecular formula is C21H23N3O.